The molecule has 1 fully saturated rings. The van der Waals surface area contributed by atoms with E-state index < -0.39 is 5.41 Å². The van der Waals surface area contributed by atoms with Crippen LogP contribution in [0.2, 0.25) is 0 Å². The molecule has 2 aromatic heterocycles. The van der Waals surface area contributed by atoms with Crippen molar-refractivity contribution in [2.24, 2.45) is 5.41 Å². The van der Waals surface area contributed by atoms with Gasteiger partial charge < -0.3 is 24.8 Å². The highest BCUT2D eigenvalue weighted by atomic mass is 79.9. The highest BCUT2D eigenvalue weighted by Gasteiger charge is 2.42. The zero-order chi connectivity index (χ0) is 29.5. The second-order valence-electron chi connectivity index (χ2n) is 11.2. The number of nitrogens with one attached hydrogen (secondary N) is 2. The van der Waals surface area contributed by atoms with Crippen LogP contribution < -0.4 is 20.3 Å². The number of pyridine rings is 1. The molecule has 1 aliphatic heterocycles. The first-order chi connectivity index (χ1) is 19.5. The number of anilines is 2. The van der Waals surface area contributed by atoms with E-state index in [0.29, 0.717) is 16.5 Å². The topological polar surface area (TPSA) is 71.4 Å². The van der Waals surface area contributed by atoms with E-state index in [4.69, 9.17) is 21.9 Å². The van der Waals surface area contributed by atoms with E-state index >= 15 is 0 Å². The third-order valence-electron chi connectivity index (χ3n) is 7.35. The molecule has 0 unspecified atom stereocenters. The monoisotopic (exact) mass is 631 g/mol. The fourth-order valence-electron chi connectivity index (χ4n) is 5.29. The molecule has 212 valence electrons. The summed E-state index contributed by atoms with van der Waals surface area (Å²) in [6.45, 7) is 9.90. The summed E-state index contributed by atoms with van der Waals surface area (Å²) < 4.78 is 9.02. The lowest BCUT2D eigenvalue weighted by atomic mass is 9.95. The standard InChI is InChI=1S/C32H34BrN5O2S/c1-19-16-24(20(2)37(19)22-11-9-10-21(33)17-22)29-28(26-12-7-8-15-34-26)36-31(41)38(29)23-13-14-25(27(18-23)40-6)35-30(39)32(3,4)5/h7-18,28-29H,1-6H3,(H,35,39)(H,36,41)/t28-,29+/m1/s1. The minimum Gasteiger partial charge on any atom is -0.494 e. The van der Waals surface area contributed by atoms with Crippen LogP contribution in [-0.4, -0.2) is 27.7 Å². The number of carbonyl (C=O) groups excluding carboxylic acids is 1. The Kier molecular flexibility index (Phi) is 7.94. The summed E-state index contributed by atoms with van der Waals surface area (Å²) in [6.07, 6.45) is 1.81. The van der Waals surface area contributed by atoms with Crippen LogP contribution in [0.15, 0.2) is 77.4 Å². The number of rotatable bonds is 6. The molecule has 41 heavy (non-hydrogen) atoms. The minimum absolute atomic E-state index is 0.0880. The summed E-state index contributed by atoms with van der Waals surface area (Å²) in [6, 6.07) is 21.8. The molecule has 0 spiro atoms. The van der Waals surface area contributed by atoms with Gasteiger partial charge >= 0.3 is 0 Å². The first-order valence-electron chi connectivity index (χ1n) is 13.4. The van der Waals surface area contributed by atoms with Gasteiger partial charge in [-0.25, -0.2) is 0 Å². The molecule has 3 heterocycles. The Bertz CT molecular complexity index is 1610. The van der Waals surface area contributed by atoms with Gasteiger partial charge in [0, 0.05) is 44.9 Å². The summed E-state index contributed by atoms with van der Waals surface area (Å²) >= 11 is 9.58. The number of ether oxygens (including phenoxy) is 1. The van der Waals surface area contributed by atoms with E-state index in [0.717, 1.165) is 38.5 Å². The number of hydrogen-bond acceptors (Lipinski definition) is 4. The lowest BCUT2D eigenvalue weighted by molar-refractivity contribution is -0.123. The van der Waals surface area contributed by atoms with Crippen molar-refractivity contribution in [2.75, 3.05) is 17.3 Å². The smallest absolute Gasteiger partial charge is 0.229 e. The van der Waals surface area contributed by atoms with Gasteiger partial charge in [-0.3, -0.25) is 9.78 Å². The van der Waals surface area contributed by atoms with E-state index in [-0.39, 0.29) is 18.0 Å². The molecule has 2 aromatic carbocycles. The van der Waals surface area contributed by atoms with Crippen LogP contribution in [0.25, 0.3) is 5.69 Å². The number of methoxy groups -OCH3 is 1. The summed E-state index contributed by atoms with van der Waals surface area (Å²) in [7, 11) is 1.60. The average Bonchev–Trinajstić information content (AvgIpc) is 3.43. The largest absolute Gasteiger partial charge is 0.494 e. The molecule has 1 amide bonds. The molecular weight excluding hydrogens is 598 g/mol. The average molecular weight is 633 g/mol. The Morgan fingerprint density at radius 1 is 1.05 bits per heavy atom. The highest BCUT2D eigenvalue weighted by molar-refractivity contribution is 9.10. The summed E-state index contributed by atoms with van der Waals surface area (Å²) in [5, 5.41) is 7.14. The molecule has 5 rings (SSSR count). The fourth-order valence-corrected chi connectivity index (χ4v) is 6.02. The molecule has 1 saturated heterocycles. The van der Waals surface area contributed by atoms with Crippen molar-refractivity contribution in [2.45, 2.75) is 46.7 Å². The van der Waals surface area contributed by atoms with Crippen LogP contribution in [-0.2, 0) is 4.79 Å². The molecule has 2 atom stereocenters. The predicted molar refractivity (Wildman–Crippen MR) is 172 cm³/mol. The molecule has 1 aliphatic rings. The Balaban J connectivity index is 1.63. The Labute approximate surface area is 255 Å². The van der Waals surface area contributed by atoms with Crippen LogP contribution in [0, 0.1) is 19.3 Å². The second kappa shape index (κ2) is 11.3. The summed E-state index contributed by atoms with van der Waals surface area (Å²) in [5.74, 6) is 0.470. The number of carbonyl (C=O) groups is 1. The number of nitrogens with zero attached hydrogens (tertiary/aromatic N) is 3. The Morgan fingerprint density at radius 3 is 2.49 bits per heavy atom. The third kappa shape index (κ3) is 5.61. The van der Waals surface area contributed by atoms with Gasteiger partial charge in [0.15, 0.2) is 5.11 Å². The maximum Gasteiger partial charge on any atom is 0.229 e. The first-order valence-corrected chi connectivity index (χ1v) is 14.6. The third-order valence-corrected chi connectivity index (χ3v) is 8.15. The van der Waals surface area contributed by atoms with Crippen molar-refractivity contribution in [1.29, 1.82) is 0 Å². The summed E-state index contributed by atoms with van der Waals surface area (Å²) in [4.78, 5) is 19.5. The number of benzene rings is 2. The second-order valence-corrected chi connectivity index (χ2v) is 12.5. The maximum absolute atomic E-state index is 12.7. The van der Waals surface area contributed by atoms with E-state index in [1.54, 1.807) is 13.3 Å². The van der Waals surface area contributed by atoms with Gasteiger partial charge in [0.05, 0.1) is 30.6 Å². The van der Waals surface area contributed by atoms with Crippen LogP contribution in [0.1, 0.15) is 55.5 Å². The van der Waals surface area contributed by atoms with Gasteiger partial charge in [-0.15, -0.1) is 0 Å². The number of aromatic nitrogens is 2. The van der Waals surface area contributed by atoms with Crippen molar-refractivity contribution < 1.29 is 9.53 Å². The van der Waals surface area contributed by atoms with E-state index in [1.165, 1.54) is 0 Å². The van der Waals surface area contributed by atoms with Crippen molar-refractivity contribution in [1.82, 2.24) is 14.9 Å². The molecule has 0 aliphatic carbocycles. The predicted octanol–water partition coefficient (Wildman–Crippen LogP) is 7.42. The maximum atomic E-state index is 12.7. The van der Waals surface area contributed by atoms with Gasteiger partial charge in [-0.2, -0.15) is 0 Å². The molecule has 4 aromatic rings. The Hall–Kier alpha value is -3.69. The van der Waals surface area contributed by atoms with Crippen LogP contribution in [0.3, 0.4) is 0 Å². The van der Waals surface area contributed by atoms with Crippen LogP contribution >= 0.6 is 28.1 Å². The van der Waals surface area contributed by atoms with E-state index in [9.17, 15) is 4.79 Å². The number of aryl methyl sites for hydroxylation is 1. The molecule has 0 saturated carbocycles. The molecule has 0 radical (unpaired) electrons. The number of hydrogen-bond donors (Lipinski definition) is 2. The van der Waals surface area contributed by atoms with Gasteiger partial charge in [0.1, 0.15) is 5.75 Å². The van der Waals surface area contributed by atoms with Crippen molar-refractivity contribution in [3.05, 3.63) is 100 Å². The molecule has 9 heteroatoms. The zero-order valence-electron chi connectivity index (χ0n) is 24.0. The minimum atomic E-state index is -0.540. The Morgan fingerprint density at radius 2 is 1.83 bits per heavy atom. The lowest BCUT2D eigenvalue weighted by Crippen LogP contribution is -2.30. The quantitative estimate of drug-likeness (QED) is 0.216. The van der Waals surface area contributed by atoms with E-state index in [1.807, 2.05) is 69.3 Å². The normalized spacial score (nSPS) is 17.0. The molecule has 0 bridgehead atoms. The van der Waals surface area contributed by atoms with Gasteiger partial charge in [0.2, 0.25) is 5.91 Å². The molecular formula is C32H34BrN5O2S. The fraction of sp³-hybridized carbons (Fsp3) is 0.281. The lowest BCUT2D eigenvalue weighted by Gasteiger charge is -2.29. The van der Waals surface area contributed by atoms with Gasteiger partial charge in [-0.05, 0) is 80.2 Å². The van der Waals surface area contributed by atoms with E-state index in [2.05, 4.69) is 68.1 Å². The number of thiocarbonyl (C=S) groups is 1. The SMILES string of the molecule is COc1cc(N2C(=S)N[C@H](c3ccccn3)[C@@H]2c2cc(C)n(-c3cccc(Br)c3)c2C)ccc1NC(=O)C(C)(C)C. The van der Waals surface area contributed by atoms with Crippen molar-refractivity contribution >= 4 is 50.5 Å². The highest BCUT2D eigenvalue weighted by Crippen LogP contribution is 2.45. The molecule has 7 nitrogen and oxygen atoms in total. The van der Waals surface area contributed by atoms with Crippen molar-refractivity contribution in [3.63, 3.8) is 0 Å². The molecule has 2 N–H and O–H groups in total. The van der Waals surface area contributed by atoms with Crippen LogP contribution in [0.4, 0.5) is 11.4 Å². The summed E-state index contributed by atoms with van der Waals surface area (Å²) in [5.41, 5.74) is 6.27. The van der Waals surface area contributed by atoms with Crippen molar-refractivity contribution in [3.8, 4) is 11.4 Å². The first kappa shape index (κ1) is 28.8. The number of amides is 1. The van der Waals surface area contributed by atoms with Crippen LogP contribution in [0.5, 0.6) is 5.75 Å². The van der Waals surface area contributed by atoms with Gasteiger partial charge in [-0.1, -0.05) is 48.8 Å². The zero-order valence-corrected chi connectivity index (χ0v) is 26.4. The van der Waals surface area contributed by atoms with Gasteiger partial charge in [0.25, 0.3) is 0 Å². The number of halogens is 1.